The molecular formula is C54H40N4OS. The highest BCUT2D eigenvalue weighted by molar-refractivity contribution is 8.12. The van der Waals surface area contributed by atoms with Crippen LogP contribution in [0, 0.1) is 45.5 Å². The molecule has 2 N–H and O–H groups in total. The van der Waals surface area contributed by atoms with Crippen LogP contribution in [0.25, 0.3) is 90.9 Å². The second-order valence-electron chi connectivity index (χ2n) is 15.2. The molecule has 6 heteroatoms. The number of carbonyl (C=O) groups is 1. The van der Waals surface area contributed by atoms with Crippen LogP contribution >= 0.6 is 11.8 Å². The van der Waals surface area contributed by atoms with Gasteiger partial charge in [-0.15, -0.1) is 12.8 Å². The molecule has 2 aliphatic heterocycles. The van der Waals surface area contributed by atoms with Gasteiger partial charge in [0.25, 0.3) is 0 Å². The predicted molar refractivity (Wildman–Crippen MR) is 253 cm³/mol. The van der Waals surface area contributed by atoms with Crippen LogP contribution in [0.5, 0.6) is 0 Å². The van der Waals surface area contributed by atoms with Crippen molar-refractivity contribution in [2.45, 2.75) is 33.4 Å². The molecular weight excluding hydrogens is 753 g/mol. The molecule has 5 nitrogen and oxygen atoms in total. The van der Waals surface area contributed by atoms with Gasteiger partial charge in [-0.1, -0.05) is 89.8 Å². The van der Waals surface area contributed by atoms with Gasteiger partial charge in [0.05, 0.1) is 22.8 Å². The fourth-order valence-corrected chi connectivity index (χ4v) is 8.94. The largest absolute Gasteiger partial charge is 0.354 e. The first-order chi connectivity index (χ1) is 29.2. The number of thioether (sulfide) groups is 1. The summed E-state index contributed by atoms with van der Waals surface area (Å²) in [6.07, 6.45) is 20.0. The van der Waals surface area contributed by atoms with Gasteiger partial charge in [-0.2, -0.15) is 0 Å². The van der Waals surface area contributed by atoms with Crippen molar-refractivity contribution in [3.63, 3.8) is 0 Å². The zero-order valence-corrected chi connectivity index (χ0v) is 34.6. The second-order valence-corrected chi connectivity index (χ2v) is 16.3. The van der Waals surface area contributed by atoms with Gasteiger partial charge >= 0.3 is 0 Å². The van der Waals surface area contributed by atoms with E-state index in [0.29, 0.717) is 5.75 Å². The minimum Gasteiger partial charge on any atom is -0.354 e. The highest BCUT2D eigenvalue weighted by Crippen LogP contribution is 2.40. The highest BCUT2D eigenvalue weighted by Gasteiger charge is 2.20. The Morgan fingerprint density at radius 3 is 1.28 bits per heavy atom. The van der Waals surface area contributed by atoms with Crippen LogP contribution in [0.4, 0.5) is 0 Å². The van der Waals surface area contributed by atoms with E-state index in [9.17, 15) is 4.79 Å². The minimum absolute atomic E-state index is 0.0931. The molecule has 0 saturated heterocycles. The van der Waals surface area contributed by atoms with Gasteiger partial charge in [0, 0.05) is 68.1 Å². The van der Waals surface area contributed by atoms with Crippen molar-refractivity contribution in [2.75, 3.05) is 0 Å². The van der Waals surface area contributed by atoms with Crippen LogP contribution in [-0.2, 0) is 10.5 Å². The first-order valence-electron chi connectivity index (χ1n) is 19.8. The summed E-state index contributed by atoms with van der Waals surface area (Å²) in [5.41, 5.74) is 21.2. The molecule has 0 radical (unpaired) electrons. The molecule has 288 valence electrons. The van der Waals surface area contributed by atoms with Gasteiger partial charge in [0.2, 0.25) is 0 Å². The zero-order valence-electron chi connectivity index (χ0n) is 33.8. The molecule has 0 unspecified atom stereocenters. The van der Waals surface area contributed by atoms with Crippen LogP contribution in [0.1, 0.15) is 63.1 Å². The molecule has 9 rings (SSSR count). The van der Waals surface area contributed by atoms with E-state index >= 15 is 0 Å². The van der Waals surface area contributed by atoms with E-state index in [1.165, 1.54) is 28.5 Å². The summed E-state index contributed by atoms with van der Waals surface area (Å²) in [7, 11) is 0. The summed E-state index contributed by atoms with van der Waals surface area (Å²) in [5, 5.41) is 0.0931. The first-order valence-corrected chi connectivity index (χ1v) is 20.8. The van der Waals surface area contributed by atoms with Crippen LogP contribution in [0.2, 0.25) is 0 Å². The molecule has 0 saturated carbocycles. The zero-order chi connectivity index (χ0) is 41.5. The Hall–Kier alpha value is -7.38. The van der Waals surface area contributed by atoms with Crippen molar-refractivity contribution in [3.8, 4) is 69.2 Å². The van der Waals surface area contributed by atoms with Crippen molar-refractivity contribution in [3.05, 3.63) is 165 Å². The van der Waals surface area contributed by atoms with Gasteiger partial charge in [-0.05, 0) is 133 Å². The Labute approximate surface area is 354 Å². The Kier molecular flexibility index (Phi) is 10.0. The maximum absolute atomic E-state index is 11.8. The Balaban J connectivity index is 1.43. The summed E-state index contributed by atoms with van der Waals surface area (Å²) in [6, 6.07) is 37.5. The second kappa shape index (κ2) is 15.8. The number of hydrogen-bond donors (Lipinski definition) is 2. The van der Waals surface area contributed by atoms with Gasteiger partial charge < -0.3 is 9.97 Å². The summed E-state index contributed by atoms with van der Waals surface area (Å²) < 4.78 is 0. The maximum atomic E-state index is 11.8. The lowest BCUT2D eigenvalue weighted by atomic mass is 9.92. The number of aromatic nitrogens is 4. The van der Waals surface area contributed by atoms with Gasteiger partial charge in [0.1, 0.15) is 0 Å². The lowest BCUT2D eigenvalue weighted by Gasteiger charge is -2.13. The van der Waals surface area contributed by atoms with Gasteiger partial charge in [-0.25, -0.2) is 9.97 Å². The van der Waals surface area contributed by atoms with Gasteiger partial charge in [0.15, 0.2) is 5.12 Å². The quantitative estimate of drug-likeness (QED) is 0.164. The van der Waals surface area contributed by atoms with E-state index in [1.54, 1.807) is 6.92 Å². The predicted octanol–water partition coefficient (Wildman–Crippen LogP) is 13.0. The van der Waals surface area contributed by atoms with E-state index in [2.05, 4.69) is 152 Å². The monoisotopic (exact) mass is 792 g/mol. The fourth-order valence-electron chi connectivity index (χ4n) is 8.37. The van der Waals surface area contributed by atoms with Crippen molar-refractivity contribution in [2.24, 2.45) is 0 Å². The molecule has 0 fully saturated rings. The molecule has 2 aliphatic rings. The lowest BCUT2D eigenvalue weighted by molar-refractivity contribution is -0.109. The number of fused-ring (bicyclic) bond motifs is 8. The molecule has 3 aromatic heterocycles. The van der Waals surface area contributed by atoms with Crippen LogP contribution in [0.3, 0.4) is 0 Å². The summed E-state index contributed by atoms with van der Waals surface area (Å²) in [5.74, 6) is 6.13. The number of aromatic amines is 2. The van der Waals surface area contributed by atoms with Crippen molar-refractivity contribution >= 4 is 63.2 Å². The number of nitrogens with one attached hydrogen (secondary N) is 2. The van der Waals surface area contributed by atoms with Crippen LogP contribution in [-0.4, -0.2) is 25.1 Å². The fraction of sp³-hybridized carbons (Fsp3) is 0.0926. The van der Waals surface area contributed by atoms with E-state index in [0.717, 1.165) is 106 Å². The number of benzene rings is 4. The molecule has 5 heterocycles. The molecule has 0 atom stereocenters. The molecule has 8 bridgehead atoms. The van der Waals surface area contributed by atoms with E-state index in [4.69, 9.17) is 22.8 Å². The van der Waals surface area contributed by atoms with Crippen LogP contribution in [0.15, 0.2) is 109 Å². The maximum Gasteiger partial charge on any atom is 0.186 e. The normalized spacial score (nSPS) is 11.7. The lowest BCUT2D eigenvalue weighted by Crippen LogP contribution is -1.94. The third-order valence-electron chi connectivity index (χ3n) is 11.0. The molecule has 60 heavy (non-hydrogen) atoms. The summed E-state index contributed by atoms with van der Waals surface area (Å²) in [4.78, 5) is 30.3. The van der Waals surface area contributed by atoms with E-state index in [-0.39, 0.29) is 5.12 Å². The van der Waals surface area contributed by atoms with Crippen molar-refractivity contribution in [1.29, 1.82) is 0 Å². The van der Waals surface area contributed by atoms with Crippen molar-refractivity contribution < 1.29 is 4.79 Å². The van der Waals surface area contributed by atoms with E-state index < -0.39 is 0 Å². The molecule has 0 aliphatic carbocycles. The average molecular weight is 793 g/mol. The first kappa shape index (κ1) is 38.2. The third kappa shape index (κ3) is 7.19. The molecule has 4 aromatic carbocycles. The van der Waals surface area contributed by atoms with Gasteiger partial charge in [-0.3, -0.25) is 4.79 Å². The third-order valence-corrected chi connectivity index (χ3v) is 11.9. The molecule has 0 amide bonds. The number of nitrogens with zero attached hydrogens (tertiary/aromatic N) is 2. The number of rotatable bonds is 6. The van der Waals surface area contributed by atoms with E-state index in [1.807, 2.05) is 24.3 Å². The smallest absolute Gasteiger partial charge is 0.186 e. The average Bonchev–Trinajstić information content (AvgIpc) is 4.10. The Bertz CT molecular complexity index is 3120. The number of terminal acetylenes is 2. The number of H-pyrrole nitrogens is 2. The highest BCUT2D eigenvalue weighted by atomic mass is 32.2. The standard InChI is InChI=1S/C54H40N4OS/c1-7-36-9-15-39(16-10-36)51-42-21-23-44(55-42)53(41-19-13-38(14-20-41)31-60-35(6)59)45-24-22-43(56-45)52(40-17-11-37(8-2)12-18-40)47-26-28-49(58-47)54(48-27-25-46(51)57-48)50-33(4)29-32(3)30-34(50)5/h1-2,9-30,55,58H,31H2,3-6H3. The molecule has 0 spiro atoms. The Morgan fingerprint density at radius 2 is 0.900 bits per heavy atom. The SMILES string of the molecule is C#Cc1ccc(-c2c3nc(c(-c4c(C)cc(C)cc4C)c4ccc([nH]4)c(-c4ccc(C#C)cc4)c4nc(c(-c5ccc(CSC(C)=O)cc5)c5ccc2[nH]5)C=C4)C=C3)cc1. The summed E-state index contributed by atoms with van der Waals surface area (Å²) in [6.45, 7) is 8.08. The number of aryl methyl sites for hydroxylation is 3. The molecule has 7 aromatic rings. The minimum atomic E-state index is 0.0931. The topological polar surface area (TPSA) is 74.4 Å². The summed E-state index contributed by atoms with van der Waals surface area (Å²) >= 11 is 1.31. The number of carbonyl (C=O) groups excluding carboxylic acids is 1. The van der Waals surface area contributed by atoms with Crippen LogP contribution < -0.4 is 0 Å². The van der Waals surface area contributed by atoms with Crippen molar-refractivity contribution in [1.82, 2.24) is 19.9 Å². The number of hydrogen-bond acceptors (Lipinski definition) is 4. The Morgan fingerprint density at radius 1 is 0.533 bits per heavy atom.